The number of fused-ring (bicyclic) bond motifs is 1. The molecule has 2 aromatic rings. The van der Waals surface area contributed by atoms with Crippen LogP contribution in [-0.4, -0.2) is 26.7 Å². The van der Waals surface area contributed by atoms with Crippen LogP contribution >= 0.6 is 0 Å². The zero-order valence-corrected chi connectivity index (χ0v) is 8.92. The van der Waals surface area contributed by atoms with Crippen molar-refractivity contribution in [2.45, 2.75) is 19.4 Å². The number of aliphatic hydroxyl groups excluding tert-OH is 1. The fourth-order valence-electron chi connectivity index (χ4n) is 1.74. The fraction of sp³-hybridized carbons (Fsp3) is 0.273. The lowest BCUT2D eigenvalue weighted by molar-refractivity contribution is 0.100. The maximum atomic E-state index is 11.4. The van der Waals surface area contributed by atoms with Gasteiger partial charge in [-0.05, 0) is 19.1 Å². The Bertz CT molecular complexity index is 531. The standard InChI is InChI=1S/C11H13N3O2/c1-7(15)6-8-10(11(12)16)9-4-2-3-5-14(9)13-8/h2-5,7,15H,6H2,1H3,(H2,12,16)/t7-/m0/s1. The summed E-state index contributed by atoms with van der Waals surface area (Å²) in [4.78, 5) is 11.4. The molecule has 0 radical (unpaired) electrons. The molecule has 0 aliphatic heterocycles. The zero-order chi connectivity index (χ0) is 11.7. The zero-order valence-electron chi connectivity index (χ0n) is 8.92. The van der Waals surface area contributed by atoms with E-state index >= 15 is 0 Å². The third kappa shape index (κ3) is 1.77. The quantitative estimate of drug-likeness (QED) is 0.782. The SMILES string of the molecule is C[C@H](O)Cc1nn2ccccc2c1C(N)=O. The Kier molecular flexibility index (Phi) is 2.62. The fourth-order valence-corrected chi connectivity index (χ4v) is 1.74. The van der Waals surface area contributed by atoms with Crippen LogP contribution in [0.2, 0.25) is 0 Å². The van der Waals surface area contributed by atoms with E-state index in [9.17, 15) is 9.90 Å². The molecule has 1 amide bonds. The minimum Gasteiger partial charge on any atom is -0.393 e. The smallest absolute Gasteiger partial charge is 0.252 e. The Morgan fingerprint density at radius 1 is 1.62 bits per heavy atom. The third-order valence-electron chi connectivity index (χ3n) is 2.35. The molecule has 0 aliphatic rings. The predicted molar refractivity (Wildman–Crippen MR) is 59.1 cm³/mol. The van der Waals surface area contributed by atoms with Crippen molar-refractivity contribution >= 4 is 11.4 Å². The van der Waals surface area contributed by atoms with E-state index in [1.807, 2.05) is 12.1 Å². The molecule has 1 atom stereocenters. The first-order valence-corrected chi connectivity index (χ1v) is 5.03. The Balaban J connectivity index is 2.63. The van der Waals surface area contributed by atoms with Crippen LogP contribution in [0, 0.1) is 0 Å². The number of primary amides is 1. The third-order valence-corrected chi connectivity index (χ3v) is 2.35. The van der Waals surface area contributed by atoms with Crippen LogP contribution < -0.4 is 5.73 Å². The van der Waals surface area contributed by atoms with Crippen LogP contribution in [0.15, 0.2) is 24.4 Å². The van der Waals surface area contributed by atoms with Crippen molar-refractivity contribution in [1.29, 1.82) is 0 Å². The molecule has 5 heteroatoms. The van der Waals surface area contributed by atoms with Crippen LogP contribution in [0.25, 0.3) is 5.52 Å². The number of aliphatic hydroxyl groups is 1. The molecule has 0 saturated carbocycles. The van der Waals surface area contributed by atoms with Gasteiger partial charge in [-0.2, -0.15) is 5.10 Å². The van der Waals surface area contributed by atoms with Gasteiger partial charge in [-0.1, -0.05) is 6.07 Å². The summed E-state index contributed by atoms with van der Waals surface area (Å²) >= 11 is 0. The highest BCUT2D eigenvalue weighted by Gasteiger charge is 2.17. The van der Waals surface area contributed by atoms with Crippen LogP contribution in [0.4, 0.5) is 0 Å². The van der Waals surface area contributed by atoms with Gasteiger partial charge >= 0.3 is 0 Å². The van der Waals surface area contributed by atoms with Gasteiger partial charge in [0.2, 0.25) is 0 Å². The minimum atomic E-state index is -0.553. The number of aromatic nitrogens is 2. The van der Waals surface area contributed by atoms with E-state index in [1.54, 1.807) is 23.7 Å². The summed E-state index contributed by atoms with van der Waals surface area (Å²) in [6.45, 7) is 1.65. The molecule has 84 valence electrons. The first-order valence-electron chi connectivity index (χ1n) is 5.03. The number of nitrogens with two attached hydrogens (primary N) is 1. The molecule has 3 N–H and O–H groups in total. The molecule has 0 unspecified atom stereocenters. The maximum absolute atomic E-state index is 11.4. The highest BCUT2D eigenvalue weighted by molar-refractivity contribution is 6.00. The predicted octanol–water partition coefficient (Wildman–Crippen LogP) is 0.357. The highest BCUT2D eigenvalue weighted by Crippen LogP contribution is 2.16. The molecule has 0 saturated heterocycles. The lowest BCUT2D eigenvalue weighted by Crippen LogP contribution is -2.15. The number of carbonyl (C=O) groups excluding carboxylic acids is 1. The van der Waals surface area contributed by atoms with Gasteiger partial charge in [-0.25, -0.2) is 4.52 Å². The molecule has 2 heterocycles. The summed E-state index contributed by atoms with van der Waals surface area (Å²) in [5, 5.41) is 13.6. The molecule has 16 heavy (non-hydrogen) atoms. The molecule has 0 aromatic carbocycles. The average Bonchev–Trinajstić information content (AvgIpc) is 2.53. The highest BCUT2D eigenvalue weighted by atomic mass is 16.3. The Hall–Kier alpha value is -1.88. The maximum Gasteiger partial charge on any atom is 0.252 e. The van der Waals surface area contributed by atoms with Gasteiger partial charge in [0, 0.05) is 12.6 Å². The van der Waals surface area contributed by atoms with Crippen LogP contribution in [0.1, 0.15) is 23.0 Å². The number of pyridine rings is 1. The summed E-state index contributed by atoms with van der Waals surface area (Å²) < 4.78 is 1.60. The van der Waals surface area contributed by atoms with Crippen LogP contribution in [-0.2, 0) is 6.42 Å². The summed E-state index contributed by atoms with van der Waals surface area (Å²) in [5.41, 5.74) is 6.92. The van der Waals surface area contributed by atoms with E-state index in [0.717, 1.165) is 0 Å². The van der Waals surface area contributed by atoms with E-state index in [-0.39, 0.29) is 0 Å². The lowest BCUT2D eigenvalue weighted by atomic mass is 10.1. The normalized spacial score (nSPS) is 12.9. The second-order valence-corrected chi connectivity index (χ2v) is 3.77. The molecule has 2 aromatic heterocycles. The van der Waals surface area contributed by atoms with Gasteiger partial charge < -0.3 is 10.8 Å². The summed E-state index contributed by atoms with van der Waals surface area (Å²) in [6, 6.07) is 5.41. The number of hydrogen-bond acceptors (Lipinski definition) is 3. The van der Waals surface area contributed by atoms with E-state index in [2.05, 4.69) is 5.10 Å². The second kappa shape index (κ2) is 3.94. The van der Waals surface area contributed by atoms with Gasteiger partial charge in [-0.15, -0.1) is 0 Å². The van der Waals surface area contributed by atoms with Gasteiger partial charge in [0.1, 0.15) is 0 Å². The van der Waals surface area contributed by atoms with Crippen molar-refractivity contribution in [3.05, 3.63) is 35.7 Å². The number of nitrogens with zero attached hydrogens (tertiary/aromatic N) is 2. The van der Waals surface area contributed by atoms with E-state index in [4.69, 9.17) is 5.73 Å². The molecular weight excluding hydrogens is 206 g/mol. The number of amides is 1. The molecule has 0 spiro atoms. The van der Waals surface area contributed by atoms with Crippen LogP contribution in [0.3, 0.4) is 0 Å². The molecule has 0 aliphatic carbocycles. The second-order valence-electron chi connectivity index (χ2n) is 3.77. The molecular formula is C11H13N3O2. The van der Waals surface area contributed by atoms with Gasteiger partial charge in [0.15, 0.2) is 0 Å². The van der Waals surface area contributed by atoms with Gasteiger partial charge in [0.25, 0.3) is 5.91 Å². The van der Waals surface area contributed by atoms with Crippen molar-refractivity contribution in [3.8, 4) is 0 Å². The van der Waals surface area contributed by atoms with Crippen molar-refractivity contribution in [2.24, 2.45) is 5.73 Å². The molecule has 5 nitrogen and oxygen atoms in total. The lowest BCUT2D eigenvalue weighted by Gasteiger charge is -2.01. The van der Waals surface area contributed by atoms with Crippen molar-refractivity contribution in [2.75, 3.05) is 0 Å². The average molecular weight is 219 g/mol. The first kappa shape index (κ1) is 10.6. The topological polar surface area (TPSA) is 80.6 Å². The van der Waals surface area contributed by atoms with Gasteiger partial charge in [0.05, 0.1) is 22.9 Å². The minimum absolute atomic E-state index is 0.319. The number of hydrogen-bond donors (Lipinski definition) is 2. The molecule has 0 fully saturated rings. The molecule has 0 bridgehead atoms. The summed E-state index contributed by atoms with van der Waals surface area (Å²) in [6.07, 6.45) is 1.51. The number of carbonyl (C=O) groups is 1. The number of rotatable bonds is 3. The molecule has 2 rings (SSSR count). The van der Waals surface area contributed by atoms with Crippen LogP contribution in [0.5, 0.6) is 0 Å². The van der Waals surface area contributed by atoms with Crippen molar-refractivity contribution in [1.82, 2.24) is 9.61 Å². The summed E-state index contributed by atoms with van der Waals surface area (Å²) in [7, 11) is 0. The van der Waals surface area contributed by atoms with E-state index < -0.39 is 12.0 Å². The van der Waals surface area contributed by atoms with E-state index in [0.29, 0.717) is 23.2 Å². The Morgan fingerprint density at radius 3 is 3.00 bits per heavy atom. The first-order chi connectivity index (χ1) is 7.59. The van der Waals surface area contributed by atoms with E-state index in [1.165, 1.54) is 0 Å². The van der Waals surface area contributed by atoms with Crippen molar-refractivity contribution < 1.29 is 9.90 Å². The summed E-state index contributed by atoms with van der Waals surface area (Å²) in [5.74, 6) is -0.517. The Labute approximate surface area is 92.5 Å². The van der Waals surface area contributed by atoms with Crippen molar-refractivity contribution in [3.63, 3.8) is 0 Å². The Morgan fingerprint density at radius 2 is 2.38 bits per heavy atom. The largest absolute Gasteiger partial charge is 0.393 e. The monoisotopic (exact) mass is 219 g/mol. The van der Waals surface area contributed by atoms with Gasteiger partial charge in [-0.3, -0.25) is 4.79 Å².